The standard InChI is InChI=1S/C32H31FN4O5S/c1-32(23-7-6-19(16-34)14-24(23)33)41-26-5-3-2-4-22(26)29(42-32)20-8-11-36(12-9-20)18-28-35-25-15-27(31(38)39)43-30(25)37(28)17-21-10-13-40-21/h2-7,14-15,20-21,29H,8-13,17-18H2,1H3,(H,38,39)/t21-,29?,32-/m0/s1. The van der Waals surface area contributed by atoms with E-state index >= 15 is 4.39 Å². The zero-order chi connectivity index (χ0) is 29.7. The Labute approximate surface area is 252 Å². The van der Waals surface area contributed by atoms with Gasteiger partial charge in [-0.2, -0.15) is 5.26 Å². The average Bonchev–Trinajstić information content (AvgIpc) is 3.53. The molecule has 0 saturated carbocycles. The van der Waals surface area contributed by atoms with Crippen molar-refractivity contribution in [1.29, 1.82) is 5.26 Å². The molecule has 2 aromatic carbocycles. The molecule has 1 unspecified atom stereocenters. The van der Waals surface area contributed by atoms with Crippen molar-refractivity contribution in [3.8, 4) is 11.8 Å². The number of para-hydroxylation sites is 1. The Bertz CT molecular complexity index is 1740. The van der Waals surface area contributed by atoms with Gasteiger partial charge in [-0.1, -0.05) is 18.2 Å². The Morgan fingerprint density at radius 1 is 1.21 bits per heavy atom. The van der Waals surface area contributed by atoms with Crippen molar-refractivity contribution in [2.45, 2.75) is 57.3 Å². The van der Waals surface area contributed by atoms with Crippen molar-refractivity contribution in [2.24, 2.45) is 5.92 Å². The minimum Gasteiger partial charge on any atom is -0.477 e. The van der Waals surface area contributed by atoms with Gasteiger partial charge < -0.3 is 23.9 Å². The first-order valence-corrected chi connectivity index (χ1v) is 15.3. The van der Waals surface area contributed by atoms with Crippen LogP contribution in [0.2, 0.25) is 0 Å². The molecule has 5 heterocycles. The number of hydrogen-bond donors (Lipinski definition) is 1. The summed E-state index contributed by atoms with van der Waals surface area (Å²) in [4.78, 5) is 20.0. The molecule has 11 heteroatoms. The topological polar surface area (TPSA) is 110 Å². The van der Waals surface area contributed by atoms with E-state index in [1.807, 2.05) is 30.3 Å². The summed E-state index contributed by atoms with van der Waals surface area (Å²) < 4.78 is 35.9. The summed E-state index contributed by atoms with van der Waals surface area (Å²) in [5, 5.41) is 18.7. The lowest BCUT2D eigenvalue weighted by atomic mass is 9.85. The Kier molecular flexibility index (Phi) is 7.18. The molecule has 7 rings (SSSR count). The highest BCUT2D eigenvalue weighted by Gasteiger charge is 2.44. The summed E-state index contributed by atoms with van der Waals surface area (Å²) in [6, 6.07) is 15.8. The molecular weight excluding hydrogens is 571 g/mol. The molecule has 222 valence electrons. The van der Waals surface area contributed by atoms with Crippen LogP contribution in [0.15, 0.2) is 48.5 Å². The summed E-state index contributed by atoms with van der Waals surface area (Å²) in [6.07, 6.45) is 2.56. The Morgan fingerprint density at radius 3 is 2.70 bits per heavy atom. The number of fused-ring (bicyclic) bond motifs is 2. The van der Waals surface area contributed by atoms with E-state index in [-0.39, 0.29) is 34.1 Å². The summed E-state index contributed by atoms with van der Waals surface area (Å²) in [5.74, 6) is -1.03. The number of imidazole rings is 1. The van der Waals surface area contributed by atoms with Gasteiger partial charge in [0.25, 0.3) is 0 Å². The fourth-order valence-corrected chi connectivity index (χ4v) is 7.36. The van der Waals surface area contributed by atoms with Crippen LogP contribution in [0.5, 0.6) is 5.75 Å². The summed E-state index contributed by atoms with van der Waals surface area (Å²) in [5.41, 5.74) is 2.18. The van der Waals surface area contributed by atoms with Gasteiger partial charge in [-0.3, -0.25) is 4.90 Å². The molecule has 0 radical (unpaired) electrons. The minimum atomic E-state index is -1.34. The van der Waals surface area contributed by atoms with Gasteiger partial charge in [-0.05, 0) is 68.6 Å². The molecule has 2 saturated heterocycles. The second-order valence-corrected chi connectivity index (χ2v) is 12.6. The second kappa shape index (κ2) is 11.0. The van der Waals surface area contributed by atoms with E-state index in [0.717, 1.165) is 55.2 Å². The molecule has 43 heavy (non-hydrogen) atoms. The van der Waals surface area contributed by atoms with E-state index < -0.39 is 17.6 Å². The van der Waals surface area contributed by atoms with Crippen LogP contribution >= 0.6 is 11.3 Å². The number of thiophene rings is 1. The van der Waals surface area contributed by atoms with Crippen LogP contribution in [0.1, 0.15) is 64.5 Å². The van der Waals surface area contributed by atoms with Crippen LogP contribution < -0.4 is 4.74 Å². The Hall–Kier alpha value is -3.82. The largest absolute Gasteiger partial charge is 0.477 e. The molecule has 0 aliphatic carbocycles. The van der Waals surface area contributed by atoms with E-state index in [4.69, 9.17) is 19.2 Å². The second-order valence-electron chi connectivity index (χ2n) is 11.6. The first-order chi connectivity index (χ1) is 20.8. The maximum Gasteiger partial charge on any atom is 0.346 e. The number of benzene rings is 2. The van der Waals surface area contributed by atoms with Gasteiger partial charge in [0.15, 0.2) is 0 Å². The maximum absolute atomic E-state index is 15.2. The predicted octanol–water partition coefficient (Wildman–Crippen LogP) is 5.83. The molecule has 3 aliphatic heterocycles. The molecule has 0 spiro atoms. The third-order valence-corrected chi connectivity index (χ3v) is 9.92. The van der Waals surface area contributed by atoms with Crippen LogP contribution in [0.4, 0.5) is 4.39 Å². The monoisotopic (exact) mass is 602 g/mol. The Morgan fingerprint density at radius 2 is 2.00 bits per heavy atom. The molecule has 1 N–H and O–H groups in total. The number of carboxylic acids is 1. The molecular formula is C32H31FN4O5S. The highest BCUT2D eigenvalue weighted by molar-refractivity contribution is 7.20. The molecule has 4 aromatic rings. The van der Waals surface area contributed by atoms with Crippen LogP contribution in [0.25, 0.3) is 10.3 Å². The number of carboxylic acid groups (broad SMARTS) is 1. The smallest absolute Gasteiger partial charge is 0.346 e. The van der Waals surface area contributed by atoms with E-state index in [0.29, 0.717) is 24.4 Å². The maximum atomic E-state index is 15.2. The Balaban J connectivity index is 1.10. The van der Waals surface area contributed by atoms with Crippen molar-refractivity contribution in [3.05, 3.63) is 81.7 Å². The van der Waals surface area contributed by atoms with Gasteiger partial charge >= 0.3 is 5.97 Å². The molecule has 2 aromatic heterocycles. The first kappa shape index (κ1) is 28.0. The number of piperidine rings is 1. The van der Waals surface area contributed by atoms with Crippen molar-refractivity contribution < 1.29 is 28.5 Å². The van der Waals surface area contributed by atoms with Gasteiger partial charge in [0.05, 0.1) is 42.5 Å². The number of halogens is 1. The first-order valence-electron chi connectivity index (χ1n) is 14.5. The van der Waals surface area contributed by atoms with Gasteiger partial charge in [-0.15, -0.1) is 11.3 Å². The van der Waals surface area contributed by atoms with Crippen LogP contribution in [0.3, 0.4) is 0 Å². The third-order valence-electron chi connectivity index (χ3n) is 8.79. The predicted molar refractivity (Wildman–Crippen MR) is 156 cm³/mol. The average molecular weight is 603 g/mol. The number of nitriles is 1. The van der Waals surface area contributed by atoms with E-state index in [1.165, 1.54) is 17.4 Å². The lowest BCUT2D eigenvalue weighted by Crippen LogP contribution is -2.43. The van der Waals surface area contributed by atoms with Gasteiger partial charge in [0.2, 0.25) is 5.79 Å². The van der Waals surface area contributed by atoms with Crippen LogP contribution in [0, 0.1) is 23.1 Å². The van der Waals surface area contributed by atoms with Crippen molar-refractivity contribution in [1.82, 2.24) is 14.5 Å². The number of hydrogen-bond acceptors (Lipinski definition) is 8. The number of carbonyl (C=O) groups is 1. The molecule has 9 nitrogen and oxygen atoms in total. The van der Waals surface area contributed by atoms with Crippen LogP contribution in [-0.4, -0.2) is 51.3 Å². The van der Waals surface area contributed by atoms with Crippen molar-refractivity contribution >= 4 is 27.7 Å². The number of aromatic carboxylic acids is 1. The van der Waals surface area contributed by atoms with Crippen molar-refractivity contribution in [3.63, 3.8) is 0 Å². The quantitative estimate of drug-likeness (QED) is 0.281. The molecule has 0 bridgehead atoms. The molecule has 0 amide bonds. The highest BCUT2D eigenvalue weighted by Crippen LogP contribution is 2.48. The van der Waals surface area contributed by atoms with E-state index in [9.17, 15) is 15.2 Å². The number of nitrogens with zero attached hydrogens (tertiary/aromatic N) is 4. The summed E-state index contributed by atoms with van der Waals surface area (Å²) >= 11 is 1.26. The zero-order valence-corrected chi connectivity index (χ0v) is 24.5. The van der Waals surface area contributed by atoms with E-state index in [1.54, 1.807) is 25.1 Å². The van der Waals surface area contributed by atoms with E-state index in [2.05, 4.69) is 9.47 Å². The normalized spacial score (nSPS) is 24.2. The van der Waals surface area contributed by atoms with Crippen molar-refractivity contribution in [2.75, 3.05) is 19.7 Å². The molecule has 3 aliphatic rings. The zero-order valence-electron chi connectivity index (χ0n) is 23.7. The summed E-state index contributed by atoms with van der Waals surface area (Å²) in [6.45, 7) is 5.47. The fraction of sp³-hybridized carbons (Fsp3) is 0.406. The van der Waals surface area contributed by atoms with Gasteiger partial charge in [0, 0.05) is 19.1 Å². The number of aromatic nitrogens is 2. The molecule has 2 fully saturated rings. The van der Waals surface area contributed by atoms with Crippen LogP contribution in [-0.2, 0) is 28.4 Å². The SMILES string of the molecule is C[C@]1(c2ccc(C#N)cc2F)Oc2ccccc2C(C2CCN(Cc3nc4cc(C(=O)O)sc4n3C[C@@H]3CCO3)CC2)O1. The highest BCUT2D eigenvalue weighted by atomic mass is 32.1. The lowest BCUT2D eigenvalue weighted by Gasteiger charge is -2.44. The number of likely N-dealkylation sites (tertiary alicyclic amines) is 1. The number of rotatable bonds is 7. The minimum absolute atomic E-state index is 0.123. The van der Waals surface area contributed by atoms with Gasteiger partial charge in [-0.25, -0.2) is 14.2 Å². The lowest BCUT2D eigenvalue weighted by molar-refractivity contribution is -0.243. The number of ether oxygens (including phenoxy) is 3. The summed E-state index contributed by atoms with van der Waals surface area (Å²) in [7, 11) is 0. The third kappa shape index (κ3) is 5.18. The molecule has 3 atom stereocenters. The fourth-order valence-electron chi connectivity index (χ4n) is 6.39. The van der Waals surface area contributed by atoms with Gasteiger partial charge in [0.1, 0.15) is 32.6 Å².